The first-order valence-corrected chi connectivity index (χ1v) is 6.08. The minimum absolute atomic E-state index is 0.188. The van der Waals surface area contributed by atoms with Gasteiger partial charge in [-0.05, 0) is 23.6 Å². The van der Waals surface area contributed by atoms with Crippen LogP contribution in [0.5, 0.6) is 5.75 Å². The standard InChI is InChI=1S/C14H21NO3/c1-10(2)13(8-15)14(16)18-9-11-5-4-6-12(7-11)17-3/h4-7,10,13H,8-9,15H2,1-3H3. The van der Waals surface area contributed by atoms with Crippen molar-refractivity contribution >= 4 is 5.97 Å². The molecule has 2 N–H and O–H groups in total. The number of carbonyl (C=O) groups is 1. The lowest BCUT2D eigenvalue weighted by molar-refractivity contribution is -0.151. The predicted molar refractivity (Wildman–Crippen MR) is 70.2 cm³/mol. The second kappa shape index (κ2) is 7.01. The molecule has 100 valence electrons. The molecule has 0 spiro atoms. The van der Waals surface area contributed by atoms with E-state index in [9.17, 15) is 4.79 Å². The van der Waals surface area contributed by atoms with Gasteiger partial charge in [0.05, 0.1) is 13.0 Å². The van der Waals surface area contributed by atoms with Gasteiger partial charge in [-0.1, -0.05) is 26.0 Å². The first-order chi connectivity index (χ1) is 8.58. The van der Waals surface area contributed by atoms with Gasteiger partial charge in [-0.2, -0.15) is 0 Å². The summed E-state index contributed by atoms with van der Waals surface area (Å²) in [6.45, 7) is 4.49. The first kappa shape index (κ1) is 14.5. The van der Waals surface area contributed by atoms with Gasteiger partial charge in [-0.3, -0.25) is 4.79 Å². The zero-order chi connectivity index (χ0) is 13.5. The number of nitrogens with two attached hydrogens (primary N) is 1. The van der Waals surface area contributed by atoms with Crippen molar-refractivity contribution in [2.75, 3.05) is 13.7 Å². The van der Waals surface area contributed by atoms with Crippen LogP contribution in [0, 0.1) is 11.8 Å². The summed E-state index contributed by atoms with van der Waals surface area (Å²) in [4.78, 5) is 11.8. The number of hydrogen-bond donors (Lipinski definition) is 1. The number of ether oxygens (including phenoxy) is 2. The van der Waals surface area contributed by atoms with Crippen molar-refractivity contribution in [1.29, 1.82) is 0 Å². The summed E-state index contributed by atoms with van der Waals surface area (Å²) in [6, 6.07) is 7.45. The third-order valence-corrected chi connectivity index (χ3v) is 2.88. The Labute approximate surface area is 108 Å². The maximum absolute atomic E-state index is 11.8. The monoisotopic (exact) mass is 251 g/mol. The summed E-state index contributed by atoms with van der Waals surface area (Å²) in [5.74, 6) is 0.460. The van der Waals surface area contributed by atoms with E-state index in [0.29, 0.717) is 6.54 Å². The molecule has 1 rings (SSSR count). The summed E-state index contributed by atoms with van der Waals surface area (Å²) in [6.07, 6.45) is 0. The molecule has 0 aromatic heterocycles. The average Bonchev–Trinajstić information content (AvgIpc) is 2.37. The molecule has 0 saturated heterocycles. The van der Waals surface area contributed by atoms with Crippen LogP contribution in [0.4, 0.5) is 0 Å². The zero-order valence-corrected chi connectivity index (χ0v) is 11.2. The van der Waals surface area contributed by atoms with Crippen LogP contribution in [0.25, 0.3) is 0 Å². The van der Waals surface area contributed by atoms with E-state index >= 15 is 0 Å². The van der Waals surface area contributed by atoms with Crippen LogP contribution in [-0.4, -0.2) is 19.6 Å². The molecule has 0 amide bonds. The van der Waals surface area contributed by atoms with Crippen LogP contribution < -0.4 is 10.5 Å². The maximum Gasteiger partial charge on any atom is 0.310 e. The predicted octanol–water partition coefficient (Wildman–Crippen LogP) is 1.97. The Bertz CT molecular complexity index is 390. The largest absolute Gasteiger partial charge is 0.497 e. The van der Waals surface area contributed by atoms with E-state index in [4.69, 9.17) is 15.2 Å². The smallest absolute Gasteiger partial charge is 0.310 e. The maximum atomic E-state index is 11.8. The SMILES string of the molecule is COc1cccc(COC(=O)C(CN)C(C)C)c1. The Morgan fingerprint density at radius 3 is 2.67 bits per heavy atom. The average molecular weight is 251 g/mol. The van der Waals surface area contributed by atoms with E-state index in [1.807, 2.05) is 38.1 Å². The molecule has 1 aromatic rings. The summed E-state index contributed by atoms with van der Waals surface area (Å²) in [5.41, 5.74) is 6.47. The number of esters is 1. The Hall–Kier alpha value is -1.55. The van der Waals surface area contributed by atoms with Gasteiger partial charge in [0.15, 0.2) is 0 Å². The third-order valence-electron chi connectivity index (χ3n) is 2.88. The molecule has 18 heavy (non-hydrogen) atoms. The van der Waals surface area contributed by atoms with Crippen LogP contribution in [-0.2, 0) is 16.1 Å². The zero-order valence-electron chi connectivity index (χ0n) is 11.2. The quantitative estimate of drug-likeness (QED) is 0.785. The highest BCUT2D eigenvalue weighted by atomic mass is 16.5. The number of benzene rings is 1. The van der Waals surface area contributed by atoms with Gasteiger partial charge in [-0.15, -0.1) is 0 Å². The van der Waals surface area contributed by atoms with Crippen molar-refractivity contribution < 1.29 is 14.3 Å². The fraction of sp³-hybridized carbons (Fsp3) is 0.500. The van der Waals surface area contributed by atoms with E-state index in [1.165, 1.54) is 0 Å². The van der Waals surface area contributed by atoms with Crippen molar-refractivity contribution in [3.05, 3.63) is 29.8 Å². The van der Waals surface area contributed by atoms with Gasteiger partial charge in [0.25, 0.3) is 0 Å². The molecule has 0 saturated carbocycles. The Morgan fingerprint density at radius 2 is 2.11 bits per heavy atom. The summed E-state index contributed by atoms with van der Waals surface area (Å²) < 4.78 is 10.4. The van der Waals surface area contributed by atoms with Gasteiger partial charge >= 0.3 is 5.97 Å². The molecular formula is C14H21NO3. The fourth-order valence-electron chi connectivity index (χ4n) is 1.66. The Morgan fingerprint density at radius 1 is 1.39 bits per heavy atom. The highest BCUT2D eigenvalue weighted by Gasteiger charge is 2.21. The van der Waals surface area contributed by atoms with Crippen molar-refractivity contribution in [3.63, 3.8) is 0 Å². The highest BCUT2D eigenvalue weighted by molar-refractivity contribution is 5.73. The van der Waals surface area contributed by atoms with Gasteiger partial charge in [-0.25, -0.2) is 0 Å². The van der Waals surface area contributed by atoms with E-state index in [1.54, 1.807) is 7.11 Å². The van der Waals surface area contributed by atoms with E-state index in [0.717, 1.165) is 11.3 Å². The second-order valence-electron chi connectivity index (χ2n) is 4.55. The van der Waals surface area contributed by atoms with Crippen LogP contribution in [0.15, 0.2) is 24.3 Å². The van der Waals surface area contributed by atoms with Crippen LogP contribution >= 0.6 is 0 Å². The van der Waals surface area contributed by atoms with Gasteiger partial charge < -0.3 is 15.2 Å². The van der Waals surface area contributed by atoms with Crippen LogP contribution in [0.2, 0.25) is 0 Å². The van der Waals surface area contributed by atoms with Crippen LogP contribution in [0.3, 0.4) is 0 Å². The van der Waals surface area contributed by atoms with Crippen molar-refractivity contribution in [1.82, 2.24) is 0 Å². The summed E-state index contributed by atoms with van der Waals surface area (Å²) in [5, 5.41) is 0. The van der Waals surface area contributed by atoms with Crippen LogP contribution in [0.1, 0.15) is 19.4 Å². The molecule has 4 heteroatoms. The highest BCUT2D eigenvalue weighted by Crippen LogP contribution is 2.15. The normalized spacial score (nSPS) is 12.3. The molecule has 0 radical (unpaired) electrons. The molecule has 4 nitrogen and oxygen atoms in total. The molecule has 0 bridgehead atoms. The molecule has 1 unspecified atom stereocenters. The molecule has 0 aliphatic heterocycles. The van der Waals surface area contributed by atoms with Gasteiger partial charge in [0, 0.05) is 6.54 Å². The van der Waals surface area contributed by atoms with Gasteiger partial charge in [0.1, 0.15) is 12.4 Å². The molecule has 0 aliphatic rings. The third kappa shape index (κ3) is 4.04. The van der Waals surface area contributed by atoms with Crippen molar-refractivity contribution in [2.24, 2.45) is 17.6 Å². The second-order valence-corrected chi connectivity index (χ2v) is 4.55. The lowest BCUT2D eigenvalue weighted by Gasteiger charge is -2.17. The topological polar surface area (TPSA) is 61.5 Å². The molecular weight excluding hydrogens is 230 g/mol. The van der Waals surface area contributed by atoms with E-state index < -0.39 is 0 Å². The first-order valence-electron chi connectivity index (χ1n) is 6.08. The van der Waals surface area contributed by atoms with E-state index in [2.05, 4.69) is 0 Å². The Kier molecular flexibility index (Phi) is 5.65. The molecule has 1 aromatic carbocycles. The lowest BCUT2D eigenvalue weighted by atomic mass is 9.96. The van der Waals surface area contributed by atoms with E-state index in [-0.39, 0.29) is 24.4 Å². The molecule has 1 atom stereocenters. The summed E-state index contributed by atoms with van der Waals surface area (Å²) in [7, 11) is 1.61. The fourth-order valence-corrected chi connectivity index (χ4v) is 1.66. The minimum Gasteiger partial charge on any atom is -0.497 e. The minimum atomic E-state index is -0.240. The molecule has 0 heterocycles. The summed E-state index contributed by atoms with van der Waals surface area (Å²) >= 11 is 0. The van der Waals surface area contributed by atoms with Gasteiger partial charge in [0.2, 0.25) is 0 Å². The molecule has 0 fully saturated rings. The number of carbonyl (C=O) groups excluding carboxylic acids is 1. The number of methoxy groups -OCH3 is 1. The number of hydrogen-bond acceptors (Lipinski definition) is 4. The number of rotatable bonds is 6. The lowest BCUT2D eigenvalue weighted by Crippen LogP contribution is -2.29. The van der Waals surface area contributed by atoms with Crippen molar-refractivity contribution in [3.8, 4) is 5.75 Å². The molecule has 0 aliphatic carbocycles. The van der Waals surface area contributed by atoms with Crippen molar-refractivity contribution in [2.45, 2.75) is 20.5 Å². The Balaban J connectivity index is 2.56.